The summed E-state index contributed by atoms with van der Waals surface area (Å²) in [5.74, 6) is -0.357. The molecule has 1 unspecified atom stereocenters. The van der Waals surface area contributed by atoms with Crippen LogP contribution in [0.3, 0.4) is 0 Å². The molecule has 5 nitrogen and oxygen atoms in total. The van der Waals surface area contributed by atoms with Crippen LogP contribution in [0, 0.1) is 0 Å². The normalized spacial score (nSPS) is 19.7. The number of nitrogens with two attached hydrogens (primary N) is 1. The predicted octanol–water partition coefficient (Wildman–Crippen LogP) is 0.923. The quantitative estimate of drug-likeness (QED) is 0.710. The minimum Gasteiger partial charge on any atom is -0.461 e. The van der Waals surface area contributed by atoms with Crippen molar-refractivity contribution < 1.29 is 9.53 Å². The molecular weight excluding hydrogens is 194 g/mol. The van der Waals surface area contributed by atoms with Crippen molar-refractivity contribution in [1.29, 1.82) is 0 Å². The lowest BCUT2D eigenvalue weighted by atomic mass is 9.92. The zero-order valence-corrected chi connectivity index (χ0v) is 8.75. The molecule has 0 saturated heterocycles. The molecule has 1 aliphatic rings. The average molecular weight is 209 g/mol. The van der Waals surface area contributed by atoms with Crippen molar-refractivity contribution >= 4 is 5.97 Å². The molecule has 0 spiro atoms. The van der Waals surface area contributed by atoms with Gasteiger partial charge in [0.2, 0.25) is 0 Å². The number of nitrogens with one attached hydrogen (secondary N) is 1. The summed E-state index contributed by atoms with van der Waals surface area (Å²) < 4.78 is 4.93. The second-order valence-electron chi connectivity index (χ2n) is 3.68. The summed E-state index contributed by atoms with van der Waals surface area (Å²) in [6, 6.07) is -0.0237. The van der Waals surface area contributed by atoms with E-state index in [-0.39, 0.29) is 12.0 Å². The lowest BCUT2D eigenvalue weighted by Gasteiger charge is -2.17. The van der Waals surface area contributed by atoms with E-state index < -0.39 is 0 Å². The van der Waals surface area contributed by atoms with E-state index in [0.717, 1.165) is 30.5 Å². The fourth-order valence-electron chi connectivity index (χ4n) is 1.95. The Labute approximate surface area is 88.0 Å². The standard InChI is InChI=1S/C10H15N3O2/c1-2-15-10(14)9-6-4-3-5-7(11)8(6)12-13-9/h7H,2-5,11H2,1H3,(H,12,13). The third-order valence-electron chi connectivity index (χ3n) is 2.68. The van der Waals surface area contributed by atoms with Crippen molar-refractivity contribution in [2.24, 2.45) is 5.73 Å². The molecule has 0 bridgehead atoms. The molecule has 0 fully saturated rings. The van der Waals surface area contributed by atoms with Crippen LogP contribution in [-0.2, 0) is 11.2 Å². The molecule has 1 aromatic heterocycles. The Balaban J connectivity index is 2.30. The van der Waals surface area contributed by atoms with Gasteiger partial charge in [0.15, 0.2) is 5.69 Å². The Morgan fingerprint density at radius 3 is 3.27 bits per heavy atom. The number of H-pyrrole nitrogens is 1. The summed E-state index contributed by atoms with van der Waals surface area (Å²) in [5, 5.41) is 6.83. The lowest BCUT2D eigenvalue weighted by Crippen LogP contribution is -2.18. The minimum absolute atomic E-state index is 0.0237. The molecule has 3 N–H and O–H groups in total. The summed E-state index contributed by atoms with van der Waals surface area (Å²) in [5.41, 5.74) is 8.15. The Morgan fingerprint density at radius 2 is 2.53 bits per heavy atom. The number of ether oxygens (including phenoxy) is 1. The van der Waals surface area contributed by atoms with Crippen LogP contribution in [0.15, 0.2) is 0 Å². The first-order valence-electron chi connectivity index (χ1n) is 5.24. The zero-order valence-electron chi connectivity index (χ0n) is 8.75. The van der Waals surface area contributed by atoms with Crippen LogP contribution in [0.1, 0.15) is 47.6 Å². The smallest absolute Gasteiger partial charge is 0.359 e. The number of aromatic nitrogens is 2. The van der Waals surface area contributed by atoms with Crippen LogP contribution < -0.4 is 5.73 Å². The first-order chi connectivity index (χ1) is 7.24. The maximum Gasteiger partial charge on any atom is 0.359 e. The van der Waals surface area contributed by atoms with E-state index in [4.69, 9.17) is 10.5 Å². The van der Waals surface area contributed by atoms with Crippen molar-refractivity contribution in [3.63, 3.8) is 0 Å². The van der Waals surface area contributed by atoms with Crippen LogP contribution in [0.2, 0.25) is 0 Å². The first kappa shape index (κ1) is 10.2. The van der Waals surface area contributed by atoms with Crippen LogP contribution >= 0.6 is 0 Å². The molecule has 5 heteroatoms. The van der Waals surface area contributed by atoms with Crippen molar-refractivity contribution in [3.05, 3.63) is 17.0 Å². The maximum atomic E-state index is 11.5. The largest absolute Gasteiger partial charge is 0.461 e. The van der Waals surface area contributed by atoms with Gasteiger partial charge in [-0.05, 0) is 26.2 Å². The van der Waals surface area contributed by atoms with E-state index in [1.807, 2.05) is 0 Å². The van der Waals surface area contributed by atoms with Gasteiger partial charge in [0.1, 0.15) is 0 Å². The number of fused-ring (bicyclic) bond motifs is 1. The van der Waals surface area contributed by atoms with E-state index in [2.05, 4.69) is 10.2 Å². The van der Waals surface area contributed by atoms with Crippen LogP contribution in [0.4, 0.5) is 0 Å². The van der Waals surface area contributed by atoms with Gasteiger partial charge in [0, 0.05) is 11.6 Å². The van der Waals surface area contributed by atoms with Crippen molar-refractivity contribution in [2.75, 3.05) is 6.61 Å². The lowest BCUT2D eigenvalue weighted by molar-refractivity contribution is 0.0518. The zero-order chi connectivity index (χ0) is 10.8. The highest BCUT2D eigenvalue weighted by Gasteiger charge is 2.26. The molecule has 82 valence electrons. The second kappa shape index (κ2) is 4.02. The second-order valence-corrected chi connectivity index (χ2v) is 3.68. The van der Waals surface area contributed by atoms with Gasteiger partial charge in [-0.3, -0.25) is 5.10 Å². The number of carbonyl (C=O) groups is 1. The summed E-state index contributed by atoms with van der Waals surface area (Å²) in [6.07, 6.45) is 2.80. The SMILES string of the molecule is CCOC(=O)c1n[nH]c2c1CCCC2N. The number of aromatic amines is 1. The average Bonchev–Trinajstić information content (AvgIpc) is 2.63. The third kappa shape index (κ3) is 1.74. The number of carbonyl (C=O) groups excluding carboxylic acids is 1. The molecule has 1 aliphatic carbocycles. The highest BCUT2D eigenvalue weighted by molar-refractivity contribution is 5.89. The fraction of sp³-hybridized carbons (Fsp3) is 0.600. The Morgan fingerprint density at radius 1 is 1.73 bits per heavy atom. The molecule has 2 rings (SSSR count). The van der Waals surface area contributed by atoms with Crippen LogP contribution in [0.25, 0.3) is 0 Å². The van der Waals surface area contributed by atoms with E-state index in [1.165, 1.54) is 0 Å². The van der Waals surface area contributed by atoms with Crippen molar-refractivity contribution in [1.82, 2.24) is 10.2 Å². The van der Waals surface area contributed by atoms with E-state index in [1.54, 1.807) is 6.92 Å². The Hall–Kier alpha value is -1.36. The number of hydrogen-bond acceptors (Lipinski definition) is 4. The van der Waals surface area contributed by atoms with Gasteiger partial charge in [-0.2, -0.15) is 5.10 Å². The van der Waals surface area contributed by atoms with Crippen LogP contribution in [0.5, 0.6) is 0 Å². The Kier molecular flexibility index (Phi) is 2.73. The molecule has 15 heavy (non-hydrogen) atoms. The van der Waals surface area contributed by atoms with Gasteiger partial charge in [-0.25, -0.2) is 4.79 Å². The third-order valence-corrected chi connectivity index (χ3v) is 2.68. The summed E-state index contributed by atoms with van der Waals surface area (Å²) in [7, 11) is 0. The van der Waals surface area contributed by atoms with Crippen molar-refractivity contribution in [2.45, 2.75) is 32.2 Å². The summed E-state index contributed by atoms with van der Waals surface area (Å²) >= 11 is 0. The summed E-state index contributed by atoms with van der Waals surface area (Å²) in [6.45, 7) is 2.15. The maximum absolute atomic E-state index is 11.5. The summed E-state index contributed by atoms with van der Waals surface area (Å²) in [4.78, 5) is 11.5. The molecular formula is C10H15N3O2. The number of esters is 1. The van der Waals surface area contributed by atoms with Crippen LogP contribution in [-0.4, -0.2) is 22.8 Å². The van der Waals surface area contributed by atoms with E-state index in [9.17, 15) is 4.79 Å². The monoisotopic (exact) mass is 209 g/mol. The molecule has 0 saturated carbocycles. The van der Waals surface area contributed by atoms with E-state index >= 15 is 0 Å². The van der Waals surface area contributed by atoms with Crippen molar-refractivity contribution in [3.8, 4) is 0 Å². The highest BCUT2D eigenvalue weighted by Crippen LogP contribution is 2.28. The molecule has 0 radical (unpaired) electrons. The molecule has 1 aromatic rings. The van der Waals surface area contributed by atoms with Gasteiger partial charge >= 0.3 is 5.97 Å². The minimum atomic E-state index is -0.357. The van der Waals surface area contributed by atoms with Gasteiger partial charge in [0.25, 0.3) is 0 Å². The molecule has 1 heterocycles. The molecule has 0 aromatic carbocycles. The van der Waals surface area contributed by atoms with Gasteiger partial charge < -0.3 is 10.5 Å². The number of rotatable bonds is 2. The van der Waals surface area contributed by atoms with E-state index in [0.29, 0.717) is 12.3 Å². The van der Waals surface area contributed by atoms with Gasteiger partial charge in [0.05, 0.1) is 12.3 Å². The number of hydrogen-bond donors (Lipinski definition) is 2. The van der Waals surface area contributed by atoms with Gasteiger partial charge in [-0.15, -0.1) is 0 Å². The fourth-order valence-corrected chi connectivity index (χ4v) is 1.95. The first-order valence-corrected chi connectivity index (χ1v) is 5.24. The number of nitrogens with zero attached hydrogens (tertiary/aromatic N) is 1. The predicted molar refractivity (Wildman–Crippen MR) is 54.4 cm³/mol. The van der Waals surface area contributed by atoms with Gasteiger partial charge in [-0.1, -0.05) is 0 Å². The highest BCUT2D eigenvalue weighted by atomic mass is 16.5. The molecule has 0 aliphatic heterocycles. The topological polar surface area (TPSA) is 81.0 Å². The molecule has 0 amide bonds. The molecule has 1 atom stereocenters. The Bertz CT molecular complexity index is 373.